The van der Waals surface area contributed by atoms with Gasteiger partial charge in [-0.1, -0.05) is 62.4 Å². The van der Waals surface area contributed by atoms with Gasteiger partial charge >= 0.3 is 0 Å². The van der Waals surface area contributed by atoms with Gasteiger partial charge in [0.05, 0.1) is 11.8 Å². The Morgan fingerprint density at radius 1 is 1.00 bits per heavy atom. The van der Waals surface area contributed by atoms with E-state index in [1.54, 1.807) is 0 Å². The summed E-state index contributed by atoms with van der Waals surface area (Å²) in [7, 11) is 0. The van der Waals surface area contributed by atoms with Crippen LogP contribution < -0.4 is 10.6 Å². The molecule has 180 valence electrons. The maximum atomic E-state index is 12.9. The first-order valence-corrected chi connectivity index (χ1v) is 12.6. The van der Waals surface area contributed by atoms with Crippen LogP contribution in [0.2, 0.25) is 0 Å². The number of benzene rings is 2. The third-order valence-corrected chi connectivity index (χ3v) is 6.55. The van der Waals surface area contributed by atoms with Crippen LogP contribution in [-0.2, 0) is 17.8 Å². The Morgan fingerprint density at radius 3 is 2.26 bits per heavy atom. The molecule has 0 bridgehead atoms. The smallest absolute Gasteiger partial charge is 0.251 e. The van der Waals surface area contributed by atoms with Crippen LogP contribution in [0.4, 0.5) is 5.69 Å². The number of hydrogen-bond donors (Lipinski definition) is 2. The van der Waals surface area contributed by atoms with E-state index < -0.39 is 0 Å². The van der Waals surface area contributed by atoms with E-state index >= 15 is 0 Å². The van der Waals surface area contributed by atoms with E-state index in [4.69, 9.17) is 0 Å². The standard InChI is InChI=1S/C26H33N5O2S/c1-6-19-10-14-21(15-11-19)27-22(32)16-34-26-30-29-24(31(26)7-2)23(17(3)4)28-25(33)20-12-8-18(5)9-13-20/h8-15,17,23H,6-7,16H2,1-5H3,(H,27,32)(H,28,33)/t23-/m0/s1. The lowest BCUT2D eigenvalue weighted by Gasteiger charge is -2.22. The van der Waals surface area contributed by atoms with Crippen molar-refractivity contribution in [2.75, 3.05) is 11.1 Å². The van der Waals surface area contributed by atoms with E-state index in [0.717, 1.165) is 17.7 Å². The molecule has 0 unspecified atom stereocenters. The SMILES string of the molecule is CCc1ccc(NC(=O)CSc2nnc([C@@H](NC(=O)c3ccc(C)cc3)C(C)C)n2CC)cc1. The van der Waals surface area contributed by atoms with Gasteiger partial charge in [0.1, 0.15) is 0 Å². The van der Waals surface area contributed by atoms with Gasteiger partial charge in [-0.3, -0.25) is 9.59 Å². The van der Waals surface area contributed by atoms with Gasteiger partial charge in [0.25, 0.3) is 5.91 Å². The normalized spacial score (nSPS) is 11.9. The molecule has 0 fully saturated rings. The van der Waals surface area contributed by atoms with Crippen molar-refractivity contribution < 1.29 is 9.59 Å². The number of nitrogens with zero attached hydrogens (tertiary/aromatic N) is 3. The Balaban J connectivity index is 1.68. The summed E-state index contributed by atoms with van der Waals surface area (Å²) in [5.41, 5.74) is 3.72. The van der Waals surface area contributed by atoms with Crippen LogP contribution in [0.15, 0.2) is 53.7 Å². The predicted molar refractivity (Wildman–Crippen MR) is 137 cm³/mol. The van der Waals surface area contributed by atoms with Crippen molar-refractivity contribution in [1.82, 2.24) is 20.1 Å². The zero-order valence-corrected chi connectivity index (χ0v) is 21.3. The fourth-order valence-corrected chi connectivity index (χ4v) is 4.35. The number of nitrogens with one attached hydrogen (secondary N) is 2. The lowest BCUT2D eigenvalue weighted by molar-refractivity contribution is -0.113. The summed E-state index contributed by atoms with van der Waals surface area (Å²) in [5.74, 6) is 0.768. The molecule has 0 aliphatic rings. The van der Waals surface area contributed by atoms with Crippen molar-refractivity contribution in [2.24, 2.45) is 5.92 Å². The molecule has 34 heavy (non-hydrogen) atoms. The van der Waals surface area contributed by atoms with Crippen LogP contribution >= 0.6 is 11.8 Å². The van der Waals surface area contributed by atoms with E-state index in [2.05, 4.69) is 27.8 Å². The summed E-state index contributed by atoms with van der Waals surface area (Å²) in [5, 5.41) is 15.4. The molecule has 0 spiro atoms. The summed E-state index contributed by atoms with van der Waals surface area (Å²) in [4.78, 5) is 25.3. The fraction of sp³-hybridized carbons (Fsp3) is 0.385. The number of aromatic nitrogens is 3. The second kappa shape index (κ2) is 11.8. The third kappa shape index (κ3) is 6.47. The molecule has 0 aliphatic heterocycles. The van der Waals surface area contributed by atoms with Crippen LogP contribution in [0.25, 0.3) is 0 Å². The number of amides is 2. The third-order valence-electron chi connectivity index (χ3n) is 5.59. The number of aryl methyl sites for hydroxylation is 2. The topological polar surface area (TPSA) is 88.9 Å². The molecule has 0 saturated heterocycles. The molecule has 7 nitrogen and oxygen atoms in total. The molecule has 0 aliphatic carbocycles. The molecule has 1 atom stereocenters. The second-order valence-electron chi connectivity index (χ2n) is 8.53. The summed E-state index contributed by atoms with van der Waals surface area (Å²) in [6.45, 7) is 10.8. The Morgan fingerprint density at radius 2 is 1.68 bits per heavy atom. The molecule has 8 heteroatoms. The Hall–Kier alpha value is -3.13. The summed E-state index contributed by atoms with van der Waals surface area (Å²) >= 11 is 1.34. The molecule has 1 aromatic heterocycles. The van der Waals surface area contributed by atoms with Gasteiger partial charge in [-0.2, -0.15) is 0 Å². The first-order chi connectivity index (χ1) is 16.3. The molecule has 0 radical (unpaired) electrons. The average Bonchev–Trinajstić information content (AvgIpc) is 3.24. The highest BCUT2D eigenvalue weighted by atomic mass is 32.2. The van der Waals surface area contributed by atoms with Gasteiger partial charge in [0, 0.05) is 17.8 Å². The van der Waals surface area contributed by atoms with Crippen molar-refractivity contribution in [3.63, 3.8) is 0 Å². The van der Waals surface area contributed by atoms with Crippen molar-refractivity contribution in [1.29, 1.82) is 0 Å². The lowest BCUT2D eigenvalue weighted by Crippen LogP contribution is -2.33. The quantitative estimate of drug-likeness (QED) is 0.398. The van der Waals surface area contributed by atoms with E-state index in [-0.39, 0.29) is 29.5 Å². The zero-order chi connectivity index (χ0) is 24.7. The predicted octanol–water partition coefficient (Wildman–Crippen LogP) is 5.03. The largest absolute Gasteiger partial charge is 0.342 e. The van der Waals surface area contributed by atoms with Gasteiger partial charge in [-0.15, -0.1) is 10.2 Å². The van der Waals surface area contributed by atoms with Crippen LogP contribution in [0.1, 0.15) is 61.0 Å². The number of rotatable bonds is 10. The molecule has 1 heterocycles. The van der Waals surface area contributed by atoms with Crippen LogP contribution in [-0.4, -0.2) is 32.3 Å². The van der Waals surface area contributed by atoms with Crippen LogP contribution in [0.5, 0.6) is 0 Å². The highest BCUT2D eigenvalue weighted by Crippen LogP contribution is 2.26. The lowest BCUT2D eigenvalue weighted by atomic mass is 10.0. The second-order valence-corrected chi connectivity index (χ2v) is 9.48. The van der Waals surface area contributed by atoms with E-state index in [0.29, 0.717) is 23.1 Å². The molecule has 0 saturated carbocycles. The molecule has 3 rings (SSSR count). The molecule has 2 N–H and O–H groups in total. The molecular weight excluding hydrogens is 446 g/mol. The minimum atomic E-state index is -0.304. The minimum absolute atomic E-state index is 0.102. The van der Waals surface area contributed by atoms with Crippen LogP contribution in [0, 0.1) is 12.8 Å². The summed E-state index contributed by atoms with van der Waals surface area (Å²) in [6, 6.07) is 15.0. The minimum Gasteiger partial charge on any atom is -0.342 e. The van der Waals surface area contributed by atoms with Gasteiger partial charge in [-0.25, -0.2) is 0 Å². The molecule has 2 aromatic carbocycles. The average molecular weight is 480 g/mol. The van der Waals surface area contributed by atoms with Crippen molar-refractivity contribution in [3.05, 3.63) is 71.0 Å². The van der Waals surface area contributed by atoms with E-state index in [9.17, 15) is 9.59 Å². The molecular formula is C26H33N5O2S. The first kappa shape index (κ1) is 25.5. The van der Waals surface area contributed by atoms with Crippen molar-refractivity contribution >= 4 is 29.3 Å². The number of carbonyl (C=O) groups excluding carboxylic acids is 2. The maximum Gasteiger partial charge on any atom is 0.251 e. The Bertz CT molecular complexity index is 1110. The first-order valence-electron chi connectivity index (χ1n) is 11.6. The van der Waals surface area contributed by atoms with Gasteiger partial charge in [0.15, 0.2) is 11.0 Å². The number of thioether (sulfide) groups is 1. The van der Waals surface area contributed by atoms with Gasteiger partial charge in [-0.05, 0) is 56.0 Å². The maximum absolute atomic E-state index is 12.9. The monoisotopic (exact) mass is 479 g/mol. The van der Waals surface area contributed by atoms with Crippen LogP contribution in [0.3, 0.4) is 0 Å². The van der Waals surface area contributed by atoms with Gasteiger partial charge < -0.3 is 15.2 Å². The van der Waals surface area contributed by atoms with Crippen molar-refractivity contribution in [3.8, 4) is 0 Å². The molecule has 2 amide bonds. The number of carbonyl (C=O) groups is 2. The Labute approximate surface area is 205 Å². The van der Waals surface area contributed by atoms with E-state index in [1.807, 2.05) is 80.8 Å². The van der Waals surface area contributed by atoms with E-state index in [1.165, 1.54) is 17.3 Å². The fourth-order valence-electron chi connectivity index (χ4n) is 3.54. The number of anilines is 1. The Kier molecular flexibility index (Phi) is 8.87. The number of hydrogen-bond acceptors (Lipinski definition) is 5. The van der Waals surface area contributed by atoms with Crippen molar-refractivity contribution in [2.45, 2.75) is 58.8 Å². The highest BCUT2D eigenvalue weighted by molar-refractivity contribution is 7.99. The summed E-state index contributed by atoms with van der Waals surface area (Å²) < 4.78 is 1.97. The summed E-state index contributed by atoms with van der Waals surface area (Å²) in [6.07, 6.45) is 0.960. The highest BCUT2D eigenvalue weighted by Gasteiger charge is 2.26. The zero-order valence-electron chi connectivity index (χ0n) is 20.5. The van der Waals surface area contributed by atoms with Gasteiger partial charge in [0.2, 0.25) is 5.91 Å². The molecule has 3 aromatic rings.